The van der Waals surface area contributed by atoms with Crippen LogP contribution in [0.5, 0.6) is 0 Å². The Morgan fingerprint density at radius 1 is 0.698 bits per heavy atom. The van der Waals surface area contributed by atoms with Crippen molar-refractivity contribution in [3.63, 3.8) is 0 Å². The van der Waals surface area contributed by atoms with Gasteiger partial charge in [0.05, 0.1) is 0 Å². The second-order valence-corrected chi connectivity index (χ2v) is 10.3. The summed E-state index contributed by atoms with van der Waals surface area (Å²) < 4.78 is 119. The van der Waals surface area contributed by atoms with Crippen molar-refractivity contribution in [3.05, 3.63) is 142 Å². The van der Waals surface area contributed by atoms with Gasteiger partial charge in [-0.2, -0.15) is 0 Å². The van der Waals surface area contributed by atoms with Gasteiger partial charge in [-0.1, -0.05) is 88.1 Å². The fourth-order valence-corrected chi connectivity index (χ4v) is 4.03. The van der Waals surface area contributed by atoms with Gasteiger partial charge in [-0.15, -0.1) is 70.8 Å². The number of benzene rings is 3. The monoisotopic (exact) mass is 760 g/mol. The zero-order valence-corrected chi connectivity index (χ0v) is 26.9. The summed E-state index contributed by atoms with van der Waals surface area (Å²) in [6.07, 6.45) is -3.12. The number of hydrogen-bond acceptors (Lipinski definition) is 2. The van der Waals surface area contributed by atoms with Crippen LogP contribution in [0.15, 0.2) is 91.3 Å². The van der Waals surface area contributed by atoms with Crippen molar-refractivity contribution in [1.29, 1.82) is 0 Å². The molecule has 2 heterocycles. The number of aromatic nitrogens is 2. The Morgan fingerprint density at radius 2 is 1.33 bits per heavy atom. The first-order valence-electron chi connectivity index (χ1n) is 21.2. The molecule has 0 N–H and O–H groups in total. The molecule has 0 spiro atoms. The summed E-state index contributed by atoms with van der Waals surface area (Å²) in [4.78, 5) is 8.41. The predicted molar refractivity (Wildman–Crippen MR) is 178 cm³/mol. The van der Waals surface area contributed by atoms with Crippen molar-refractivity contribution in [2.75, 3.05) is 0 Å². The Hall–Kier alpha value is -3.39. The van der Waals surface area contributed by atoms with Crippen LogP contribution in [0.25, 0.3) is 22.5 Å². The summed E-state index contributed by atoms with van der Waals surface area (Å²) in [7, 11) is 0. The van der Waals surface area contributed by atoms with E-state index in [4.69, 9.17) is 20.6 Å². The molecular weight excluding hydrogens is 701 g/mol. The van der Waals surface area contributed by atoms with Crippen LogP contribution >= 0.6 is 0 Å². The Balaban J connectivity index is 0.000000310. The summed E-state index contributed by atoms with van der Waals surface area (Å²) in [6.45, 7) is -0.471. The van der Waals surface area contributed by atoms with Crippen molar-refractivity contribution in [3.8, 4) is 22.5 Å². The van der Waals surface area contributed by atoms with E-state index in [2.05, 4.69) is 22.1 Å². The predicted octanol–water partition coefficient (Wildman–Crippen LogP) is 10.0. The zero-order chi connectivity index (χ0) is 42.9. The smallest absolute Gasteiger partial charge is 0.0349 e. The fourth-order valence-electron chi connectivity index (χ4n) is 4.03. The van der Waals surface area contributed by atoms with Crippen LogP contribution < -0.4 is 0 Å². The van der Waals surface area contributed by atoms with E-state index >= 15 is 0 Å². The van der Waals surface area contributed by atoms with Crippen LogP contribution in [0.1, 0.15) is 87.2 Å². The average Bonchev–Trinajstić information content (AvgIpc) is 3.14. The quantitative estimate of drug-likeness (QED) is 0.147. The van der Waals surface area contributed by atoms with Gasteiger partial charge in [0, 0.05) is 53.1 Å². The van der Waals surface area contributed by atoms with Crippen LogP contribution in [-0.4, -0.2) is 9.97 Å². The maximum absolute atomic E-state index is 8.58. The normalized spacial score (nSPS) is 17.8. The van der Waals surface area contributed by atoms with Crippen LogP contribution in [-0.2, 0) is 39.2 Å². The van der Waals surface area contributed by atoms with Crippen molar-refractivity contribution in [2.45, 2.75) is 67.4 Å². The Kier molecular flexibility index (Phi) is 7.05. The van der Waals surface area contributed by atoms with Gasteiger partial charge in [0.2, 0.25) is 0 Å². The van der Waals surface area contributed by atoms with Gasteiger partial charge in [0.25, 0.3) is 0 Å². The molecule has 5 rings (SSSR count). The summed E-state index contributed by atoms with van der Waals surface area (Å²) in [5.74, 6) is -0.896. The third-order valence-corrected chi connectivity index (χ3v) is 5.92. The van der Waals surface area contributed by atoms with Gasteiger partial charge in [-0.25, -0.2) is 0 Å². The van der Waals surface area contributed by atoms with Gasteiger partial charge < -0.3 is 9.97 Å². The SMILES string of the molecule is [2H]C([2H])([2H])c1c[c-]c(-c2cc(C([2H])([2H])C(C)C)c(C([2H])([2H])[2H])cn2)cc1.[2H]C([2H])([2H])c1cnc(-c2[c-]ccc(C([2H])([2H])c3ccccc3)c2)cc1C([2H])([2H])C(C)C.[Ir]. The molecule has 3 heteroatoms. The van der Waals surface area contributed by atoms with E-state index in [0.29, 0.717) is 33.6 Å². The first kappa shape index (κ1) is 18.4. The minimum absolute atomic E-state index is 0. The fraction of sp³-hybridized carbons (Fsp3) is 0.300. The molecule has 0 saturated heterocycles. The average molecular weight is 760 g/mol. The van der Waals surface area contributed by atoms with Crippen molar-refractivity contribution in [1.82, 2.24) is 9.97 Å². The van der Waals surface area contributed by atoms with Gasteiger partial charge in [-0.05, 0) is 72.7 Å². The van der Waals surface area contributed by atoms with Gasteiger partial charge in [-0.3, -0.25) is 0 Å². The zero-order valence-electron chi connectivity index (χ0n) is 39.5. The van der Waals surface area contributed by atoms with E-state index in [0.717, 1.165) is 0 Å². The molecule has 0 fully saturated rings. The third-order valence-electron chi connectivity index (χ3n) is 5.92. The van der Waals surface area contributed by atoms with Crippen LogP contribution in [0.2, 0.25) is 0 Å². The molecule has 3 aromatic carbocycles. The van der Waals surface area contributed by atoms with Crippen molar-refractivity contribution < 1.29 is 40.7 Å². The second-order valence-electron chi connectivity index (χ2n) is 10.3. The molecule has 0 unspecified atom stereocenters. The molecule has 0 aliphatic carbocycles. The maximum atomic E-state index is 8.58. The van der Waals surface area contributed by atoms with E-state index < -0.39 is 51.5 Å². The molecule has 1 radical (unpaired) electrons. The second kappa shape index (κ2) is 16.5. The molecule has 2 aromatic heterocycles. The maximum Gasteiger partial charge on any atom is 0.0349 e. The van der Waals surface area contributed by atoms with Crippen LogP contribution in [0, 0.1) is 44.5 Å². The van der Waals surface area contributed by atoms with Gasteiger partial charge >= 0.3 is 0 Å². The molecule has 0 bridgehead atoms. The minimum atomic E-state index is -2.50. The summed E-state index contributed by atoms with van der Waals surface area (Å²) in [5, 5.41) is 0. The van der Waals surface area contributed by atoms with E-state index in [-0.39, 0.29) is 47.9 Å². The first-order chi connectivity index (χ1) is 26.1. The number of aryl methyl sites for hydroxylation is 3. The Morgan fingerprint density at radius 3 is 1.86 bits per heavy atom. The van der Waals surface area contributed by atoms with Gasteiger partial charge in [0.1, 0.15) is 0 Å². The molecular formula is C40H44IrN2-2. The Labute approximate surface area is 294 Å². The largest absolute Gasteiger partial charge is 0.304 e. The van der Waals surface area contributed by atoms with Crippen LogP contribution in [0.4, 0.5) is 0 Å². The van der Waals surface area contributed by atoms with Crippen molar-refractivity contribution >= 4 is 0 Å². The number of hydrogen-bond donors (Lipinski definition) is 0. The summed E-state index contributed by atoms with van der Waals surface area (Å²) >= 11 is 0. The molecule has 0 aliphatic rings. The molecule has 0 saturated carbocycles. The minimum Gasteiger partial charge on any atom is -0.304 e. The summed E-state index contributed by atoms with van der Waals surface area (Å²) in [5.41, 5.74) is 2.56. The number of nitrogens with zero attached hydrogens (tertiary/aromatic N) is 2. The Bertz CT molecular complexity index is 2140. The van der Waals surface area contributed by atoms with Crippen LogP contribution in [0.3, 0.4) is 0 Å². The molecule has 2 nitrogen and oxygen atoms in total. The van der Waals surface area contributed by atoms with E-state index in [1.807, 2.05) is 6.07 Å². The van der Waals surface area contributed by atoms with E-state index in [9.17, 15) is 0 Å². The number of rotatable bonds is 8. The molecule has 5 aromatic rings. The van der Waals surface area contributed by atoms with Gasteiger partial charge in [0.15, 0.2) is 0 Å². The molecule has 0 aliphatic heterocycles. The van der Waals surface area contributed by atoms with E-state index in [1.54, 1.807) is 70.2 Å². The first-order valence-corrected chi connectivity index (χ1v) is 13.7. The molecule has 0 amide bonds. The topological polar surface area (TPSA) is 25.8 Å². The van der Waals surface area contributed by atoms with Crippen molar-refractivity contribution in [2.24, 2.45) is 11.8 Å². The van der Waals surface area contributed by atoms with E-state index in [1.165, 1.54) is 42.7 Å². The molecule has 43 heavy (non-hydrogen) atoms. The molecule has 0 atom stereocenters. The molecule has 225 valence electrons. The standard InChI is InChI=1S/C23H24N.C17H20N.Ir/c1-17(2)12-22-15-23(24-16-18(22)3)21-11-7-10-20(14-21)13-19-8-5-4-6-9-19;1-12(2)9-16-10-17(18-11-14(16)4)15-7-5-13(3)6-8-15;/h4-10,14-17H,12-13H2,1-3H3;5-7,10-12H,9H2,1-4H3;/q2*-1;/i3D3,12D2,13D2;3D3,4D3,9D2;. The number of pyridine rings is 2. The third kappa shape index (κ3) is 10.4. The summed E-state index contributed by atoms with van der Waals surface area (Å²) in [6, 6.07) is 26.7.